The number of nitrogens with zero attached hydrogens (tertiary/aromatic N) is 3. The number of carbonyl (C=O) groups is 2. The van der Waals surface area contributed by atoms with Crippen molar-refractivity contribution in [2.24, 2.45) is 5.73 Å². The summed E-state index contributed by atoms with van der Waals surface area (Å²) in [6.07, 6.45) is 0.979. The lowest BCUT2D eigenvalue weighted by Gasteiger charge is -2.32. The molecule has 1 unspecified atom stereocenters. The predicted molar refractivity (Wildman–Crippen MR) is 161 cm³/mol. The monoisotopic (exact) mass is 597 g/mol. The molecule has 3 aromatic carbocycles. The molecule has 41 heavy (non-hydrogen) atoms. The van der Waals surface area contributed by atoms with Gasteiger partial charge in [-0.05, 0) is 54.9 Å². The number of amides is 2. The van der Waals surface area contributed by atoms with E-state index >= 15 is 0 Å². The maximum absolute atomic E-state index is 13.3. The molecule has 1 aliphatic heterocycles. The fourth-order valence-electron chi connectivity index (χ4n) is 5.40. The zero-order chi connectivity index (χ0) is 29.6. The fraction of sp³-hybridized carbons (Fsp3) is 0.286. The molecule has 0 aliphatic carbocycles. The smallest absolute Gasteiger partial charge is 0.254 e. The average Bonchev–Trinajstić information content (AvgIpc) is 3.30. The highest BCUT2D eigenvalue weighted by molar-refractivity contribution is 7.93. The Bertz CT molecular complexity index is 1830. The summed E-state index contributed by atoms with van der Waals surface area (Å²) < 4.78 is 47.1. The molecule has 0 saturated carbocycles. The number of aromatic nitrogens is 1. The van der Waals surface area contributed by atoms with Gasteiger partial charge in [0.1, 0.15) is 5.88 Å². The number of hydrogen-bond acceptors (Lipinski definition) is 6. The van der Waals surface area contributed by atoms with E-state index in [1.54, 1.807) is 43.3 Å². The Kier molecular flexibility index (Phi) is 7.64. The number of rotatable bonds is 7. The van der Waals surface area contributed by atoms with Crippen LogP contribution in [0.25, 0.3) is 32.9 Å². The van der Waals surface area contributed by atoms with Crippen LogP contribution in [0.4, 0.5) is 5.69 Å². The molecule has 1 saturated heterocycles. The average molecular weight is 598 g/mol. The van der Waals surface area contributed by atoms with Crippen LogP contribution in [0, 0.1) is 6.92 Å². The van der Waals surface area contributed by atoms with Gasteiger partial charge in [0.25, 0.3) is 11.8 Å². The Morgan fingerprint density at radius 2 is 1.78 bits per heavy atom. The number of H-pyrrole nitrogens is 1. The van der Waals surface area contributed by atoms with Crippen molar-refractivity contribution in [2.75, 3.05) is 49.7 Å². The van der Waals surface area contributed by atoms with Crippen molar-refractivity contribution >= 4 is 60.4 Å². The van der Waals surface area contributed by atoms with Crippen LogP contribution in [0.2, 0.25) is 0 Å². The number of fused-ring (bicyclic) bond motifs is 3. The van der Waals surface area contributed by atoms with E-state index in [4.69, 9.17) is 5.73 Å². The number of nitrogens with one attached hydrogen (secondary N) is 1. The van der Waals surface area contributed by atoms with Crippen LogP contribution in [0.1, 0.15) is 26.3 Å². The van der Waals surface area contributed by atoms with Crippen LogP contribution in [-0.4, -0.2) is 89.1 Å². The molecule has 0 bridgehead atoms. The Hall–Kier alpha value is -3.78. The van der Waals surface area contributed by atoms with Gasteiger partial charge in [-0.3, -0.25) is 13.9 Å². The Balaban J connectivity index is 1.69. The minimum absolute atomic E-state index is 0.0697. The molecular formula is C28H31N5O6S2. The number of carbonyl (C=O) groups excluding carboxylic acids is 2. The van der Waals surface area contributed by atoms with E-state index in [0.717, 1.165) is 29.0 Å². The predicted octanol–water partition coefficient (Wildman–Crippen LogP) is 2.73. The van der Waals surface area contributed by atoms with E-state index < -0.39 is 32.9 Å². The summed E-state index contributed by atoms with van der Waals surface area (Å²) in [7, 11) is -1.85. The first-order valence-electron chi connectivity index (χ1n) is 12.9. The standard InChI is InChI=1S/C28H31N5O6S2/c1-17-19(5-4-6-24(17)33(16-40(36)37)41(3,38)39)20-9-10-22(27(29)34)26-25(20)21-8-7-18(15-23(21)30-26)28(35)32-13-11-31(2)12-14-32/h4-10,15,30H,11-14,16H2,1-3H3,(H2,29,34)(H,36,37). The third-order valence-corrected chi connectivity index (χ3v) is 9.32. The molecule has 2 heterocycles. The van der Waals surface area contributed by atoms with Gasteiger partial charge in [-0.2, -0.15) is 0 Å². The van der Waals surface area contributed by atoms with Crippen LogP contribution >= 0.6 is 0 Å². The van der Waals surface area contributed by atoms with E-state index in [-0.39, 0.29) is 17.2 Å². The van der Waals surface area contributed by atoms with Gasteiger partial charge in [-0.15, -0.1) is 0 Å². The molecule has 0 spiro atoms. The second-order valence-electron chi connectivity index (χ2n) is 10.3. The lowest BCUT2D eigenvalue weighted by atomic mass is 9.93. The third-order valence-electron chi connectivity index (χ3n) is 7.55. The second kappa shape index (κ2) is 10.9. The van der Waals surface area contributed by atoms with Crippen molar-refractivity contribution in [2.45, 2.75) is 6.92 Å². The Labute approximate surface area is 240 Å². The molecule has 216 valence electrons. The highest BCUT2D eigenvalue weighted by Gasteiger charge is 2.25. The van der Waals surface area contributed by atoms with E-state index in [1.165, 1.54) is 0 Å². The Morgan fingerprint density at radius 1 is 1.07 bits per heavy atom. The summed E-state index contributed by atoms with van der Waals surface area (Å²) in [5, 5.41) is 1.45. The van der Waals surface area contributed by atoms with E-state index in [0.29, 0.717) is 51.8 Å². The zero-order valence-electron chi connectivity index (χ0n) is 22.9. The number of aromatic amines is 1. The molecule has 13 heteroatoms. The molecule has 4 N–H and O–H groups in total. The van der Waals surface area contributed by atoms with E-state index in [1.807, 2.05) is 24.1 Å². The summed E-state index contributed by atoms with van der Waals surface area (Å²) in [6, 6.07) is 13.8. The second-order valence-corrected chi connectivity index (χ2v) is 13.1. The van der Waals surface area contributed by atoms with Crippen molar-refractivity contribution in [3.63, 3.8) is 0 Å². The third kappa shape index (κ3) is 5.45. The van der Waals surface area contributed by atoms with Crippen LogP contribution < -0.4 is 10.0 Å². The molecule has 1 aliphatic rings. The first-order chi connectivity index (χ1) is 19.4. The van der Waals surface area contributed by atoms with Crippen molar-refractivity contribution in [1.29, 1.82) is 0 Å². The van der Waals surface area contributed by atoms with Crippen molar-refractivity contribution in [3.8, 4) is 11.1 Å². The van der Waals surface area contributed by atoms with Crippen molar-refractivity contribution in [1.82, 2.24) is 14.8 Å². The molecule has 1 aromatic heterocycles. The topological polar surface area (TPSA) is 157 Å². The first-order valence-corrected chi connectivity index (χ1v) is 16.0. The van der Waals surface area contributed by atoms with Crippen molar-refractivity contribution < 1.29 is 26.8 Å². The number of anilines is 1. The first kappa shape index (κ1) is 28.7. The van der Waals surface area contributed by atoms with Crippen LogP contribution in [0.5, 0.6) is 0 Å². The molecule has 1 fully saturated rings. The maximum atomic E-state index is 13.3. The number of primary amides is 1. The summed E-state index contributed by atoms with van der Waals surface area (Å²) in [5.74, 6) is -1.31. The highest BCUT2D eigenvalue weighted by atomic mass is 32.2. The maximum Gasteiger partial charge on any atom is 0.254 e. The van der Waals surface area contributed by atoms with Crippen molar-refractivity contribution in [3.05, 3.63) is 65.2 Å². The summed E-state index contributed by atoms with van der Waals surface area (Å²) >= 11 is -2.40. The summed E-state index contributed by atoms with van der Waals surface area (Å²) in [4.78, 5) is 32.9. The molecule has 11 nitrogen and oxygen atoms in total. The fourth-order valence-corrected chi connectivity index (χ4v) is 7.33. The van der Waals surface area contributed by atoms with Gasteiger partial charge in [0.05, 0.1) is 23.0 Å². The van der Waals surface area contributed by atoms with Gasteiger partial charge >= 0.3 is 0 Å². The van der Waals surface area contributed by atoms with Gasteiger partial charge < -0.3 is 25.1 Å². The summed E-state index contributed by atoms with van der Waals surface area (Å²) in [5.41, 5.74) is 9.85. The molecule has 0 radical (unpaired) electrons. The number of sulfonamides is 1. The largest absolute Gasteiger partial charge is 0.366 e. The summed E-state index contributed by atoms with van der Waals surface area (Å²) in [6.45, 7) is 4.61. The molecule has 1 atom stereocenters. The number of benzene rings is 3. The van der Waals surface area contributed by atoms with Crippen LogP contribution in [0.15, 0.2) is 48.5 Å². The van der Waals surface area contributed by atoms with Crippen LogP contribution in [0.3, 0.4) is 0 Å². The van der Waals surface area contributed by atoms with E-state index in [2.05, 4.69) is 9.88 Å². The van der Waals surface area contributed by atoms with Gasteiger partial charge in [0, 0.05) is 48.0 Å². The van der Waals surface area contributed by atoms with Gasteiger partial charge in [-0.1, -0.05) is 24.3 Å². The lowest BCUT2D eigenvalue weighted by molar-refractivity contribution is 0.0664. The molecule has 4 aromatic rings. The van der Waals surface area contributed by atoms with Gasteiger partial charge in [0.2, 0.25) is 10.0 Å². The SMILES string of the molecule is Cc1c(-c2ccc(C(N)=O)c3[nH]c4cc(C(=O)N5CCN(C)CC5)ccc4c23)cccc1N(CS(=O)O)S(C)(=O)=O. The molecular weight excluding hydrogens is 566 g/mol. The number of hydrogen-bond donors (Lipinski definition) is 3. The molecule has 5 rings (SSSR count). The molecule has 2 amide bonds. The number of likely N-dealkylation sites (N-methyl/N-ethyl adjacent to an activating group) is 1. The number of nitrogens with two attached hydrogens (primary N) is 1. The quantitative estimate of drug-likeness (QED) is 0.277. The minimum Gasteiger partial charge on any atom is -0.366 e. The highest BCUT2D eigenvalue weighted by Crippen LogP contribution is 2.40. The lowest BCUT2D eigenvalue weighted by Crippen LogP contribution is -2.47. The normalized spacial score (nSPS) is 15.4. The van der Waals surface area contributed by atoms with E-state index in [9.17, 15) is 26.8 Å². The minimum atomic E-state index is -3.87. The zero-order valence-corrected chi connectivity index (χ0v) is 24.5. The van der Waals surface area contributed by atoms with Gasteiger partial charge in [0.15, 0.2) is 11.1 Å². The Morgan fingerprint density at radius 3 is 2.41 bits per heavy atom. The van der Waals surface area contributed by atoms with Gasteiger partial charge in [-0.25, -0.2) is 12.6 Å². The van der Waals surface area contributed by atoms with Crippen LogP contribution in [-0.2, 0) is 21.1 Å². The number of piperazine rings is 1.